The van der Waals surface area contributed by atoms with Crippen molar-refractivity contribution in [2.75, 3.05) is 0 Å². The van der Waals surface area contributed by atoms with Crippen molar-refractivity contribution in [2.45, 2.75) is 176 Å². The van der Waals surface area contributed by atoms with E-state index in [0.717, 1.165) is 0 Å². The van der Waals surface area contributed by atoms with Gasteiger partial charge in [0.15, 0.2) is 0 Å². The fraction of sp³-hybridized carbons (Fsp3) is 0.692. The van der Waals surface area contributed by atoms with Crippen LogP contribution in [-0.2, 0) is 37.9 Å². The number of benzene rings is 2. The zero-order valence-corrected chi connectivity index (χ0v) is 29.8. The molecule has 0 heterocycles. The van der Waals surface area contributed by atoms with Crippen molar-refractivity contribution in [3.05, 3.63) is 68.8 Å². The SMILES string of the molecule is CC(C)(C)c1ccc(C(C)(C)c2c(C(C)(C)C)cc(C(C)(C)C)c(C(C)(C)C)c2C(C)(C)C)cc1C(C)(C)C. The number of rotatable bonds is 2. The lowest BCUT2D eigenvalue weighted by atomic mass is 9.59. The van der Waals surface area contributed by atoms with Crippen molar-refractivity contribution >= 4 is 0 Å². The first-order valence-corrected chi connectivity index (χ1v) is 15.3. The highest BCUT2D eigenvalue weighted by molar-refractivity contribution is 5.61. The van der Waals surface area contributed by atoms with Gasteiger partial charge in [-0.2, -0.15) is 0 Å². The molecule has 0 heteroatoms. The molecule has 0 fully saturated rings. The molecule has 2 aromatic rings. The van der Waals surface area contributed by atoms with E-state index >= 15 is 0 Å². The van der Waals surface area contributed by atoms with Crippen LogP contribution < -0.4 is 0 Å². The van der Waals surface area contributed by atoms with Crippen LogP contribution in [0.5, 0.6) is 0 Å². The van der Waals surface area contributed by atoms with Gasteiger partial charge in [-0.25, -0.2) is 0 Å². The molecule has 0 saturated heterocycles. The highest BCUT2D eigenvalue weighted by atomic mass is 14.5. The first-order valence-electron chi connectivity index (χ1n) is 15.3. The molecule has 0 spiro atoms. The van der Waals surface area contributed by atoms with Gasteiger partial charge in [0.25, 0.3) is 0 Å². The Labute approximate surface area is 244 Å². The molecule has 0 aliphatic carbocycles. The van der Waals surface area contributed by atoms with Crippen LogP contribution in [-0.4, -0.2) is 0 Å². The van der Waals surface area contributed by atoms with Gasteiger partial charge in [-0.05, 0) is 77.0 Å². The third-order valence-electron chi connectivity index (χ3n) is 8.43. The van der Waals surface area contributed by atoms with Crippen LogP contribution in [0.1, 0.15) is 183 Å². The minimum Gasteiger partial charge on any atom is -0.0579 e. The van der Waals surface area contributed by atoms with Gasteiger partial charge in [0.2, 0.25) is 0 Å². The lowest BCUT2D eigenvalue weighted by Crippen LogP contribution is -2.36. The van der Waals surface area contributed by atoms with Crippen LogP contribution in [0.3, 0.4) is 0 Å². The molecule has 0 amide bonds. The molecule has 220 valence electrons. The van der Waals surface area contributed by atoms with E-state index in [4.69, 9.17) is 0 Å². The molecule has 0 unspecified atom stereocenters. The maximum atomic E-state index is 2.60. The molecule has 0 aliphatic rings. The van der Waals surface area contributed by atoms with Crippen LogP contribution in [0.25, 0.3) is 0 Å². The molecule has 0 saturated carbocycles. The molecule has 0 bridgehead atoms. The monoisotopic (exact) mass is 533 g/mol. The summed E-state index contributed by atoms with van der Waals surface area (Å²) in [7, 11) is 0. The molecular formula is C39H64. The predicted molar refractivity (Wildman–Crippen MR) is 177 cm³/mol. The number of hydrogen-bond donors (Lipinski definition) is 0. The summed E-state index contributed by atoms with van der Waals surface area (Å²) in [6, 6.07) is 10.0. The van der Waals surface area contributed by atoms with E-state index < -0.39 is 0 Å². The molecule has 0 radical (unpaired) electrons. The number of hydrogen-bond acceptors (Lipinski definition) is 0. The fourth-order valence-corrected chi connectivity index (χ4v) is 6.40. The Kier molecular flexibility index (Phi) is 8.43. The van der Waals surface area contributed by atoms with Crippen molar-refractivity contribution in [1.82, 2.24) is 0 Å². The summed E-state index contributed by atoms with van der Waals surface area (Å²) in [4.78, 5) is 0. The highest BCUT2D eigenvalue weighted by Crippen LogP contribution is 2.51. The summed E-state index contributed by atoms with van der Waals surface area (Å²) in [5.41, 5.74) is 12.1. The maximum absolute atomic E-state index is 2.60. The second-order valence-corrected chi connectivity index (χ2v) is 19.0. The van der Waals surface area contributed by atoms with Crippen molar-refractivity contribution in [1.29, 1.82) is 0 Å². The summed E-state index contributed by atoms with van der Waals surface area (Å²) in [6.07, 6.45) is 0. The fourth-order valence-electron chi connectivity index (χ4n) is 6.40. The van der Waals surface area contributed by atoms with Crippen molar-refractivity contribution in [2.24, 2.45) is 0 Å². The minimum absolute atomic E-state index is 0.00527. The average molecular weight is 533 g/mol. The van der Waals surface area contributed by atoms with E-state index in [1.54, 1.807) is 11.1 Å². The molecular weight excluding hydrogens is 468 g/mol. The molecule has 0 N–H and O–H groups in total. The van der Waals surface area contributed by atoms with Crippen molar-refractivity contribution < 1.29 is 0 Å². The largest absolute Gasteiger partial charge is 0.0579 e. The van der Waals surface area contributed by atoms with Crippen molar-refractivity contribution in [3.63, 3.8) is 0 Å². The summed E-state index contributed by atoms with van der Waals surface area (Å²) >= 11 is 0. The Morgan fingerprint density at radius 2 is 0.667 bits per heavy atom. The highest BCUT2D eigenvalue weighted by Gasteiger charge is 2.42. The summed E-state index contributed by atoms with van der Waals surface area (Å²) in [6.45, 7) is 48.0. The Bertz CT molecular complexity index is 1190. The summed E-state index contributed by atoms with van der Waals surface area (Å²) < 4.78 is 0. The Hall–Kier alpha value is -1.56. The Morgan fingerprint density at radius 3 is 1.00 bits per heavy atom. The van der Waals surface area contributed by atoms with E-state index in [1.165, 1.54) is 33.4 Å². The standard InChI is InChI=1S/C39H64/c1-33(2,3)26-22-21-25(23-27(26)34(4,5)6)39(19,20)31-29(36(10,11)12)24-28(35(7,8)9)30(37(13,14)15)32(31)38(16,17)18/h21-24H,1-20H3. The third-order valence-corrected chi connectivity index (χ3v) is 8.43. The molecule has 39 heavy (non-hydrogen) atoms. The molecule has 2 rings (SSSR count). The third kappa shape index (κ3) is 6.85. The van der Waals surface area contributed by atoms with Gasteiger partial charge in [0.1, 0.15) is 0 Å². The van der Waals surface area contributed by atoms with Crippen molar-refractivity contribution in [3.8, 4) is 0 Å². The second-order valence-electron chi connectivity index (χ2n) is 19.0. The van der Waals surface area contributed by atoms with Crippen LogP contribution in [0.2, 0.25) is 0 Å². The van der Waals surface area contributed by atoms with Gasteiger partial charge < -0.3 is 0 Å². The van der Waals surface area contributed by atoms with Crippen LogP contribution in [0.4, 0.5) is 0 Å². The van der Waals surface area contributed by atoms with Gasteiger partial charge >= 0.3 is 0 Å². The van der Waals surface area contributed by atoms with Gasteiger partial charge in [-0.1, -0.05) is 163 Å². The zero-order chi connectivity index (χ0) is 30.9. The van der Waals surface area contributed by atoms with E-state index in [0.29, 0.717) is 0 Å². The minimum atomic E-state index is -0.169. The average Bonchev–Trinajstić information content (AvgIpc) is 2.67. The lowest BCUT2D eigenvalue weighted by molar-refractivity contribution is 0.467. The Balaban J connectivity index is 3.28. The smallest absolute Gasteiger partial charge is 0.0152 e. The van der Waals surface area contributed by atoms with E-state index in [1.807, 2.05) is 0 Å². The molecule has 0 nitrogen and oxygen atoms in total. The van der Waals surface area contributed by atoms with Crippen LogP contribution in [0.15, 0.2) is 24.3 Å². The normalized spacial score (nSPS) is 14.7. The first-order chi connectivity index (χ1) is 16.9. The molecule has 0 aromatic heterocycles. The van der Waals surface area contributed by atoms with Gasteiger partial charge in [0.05, 0.1) is 0 Å². The summed E-state index contributed by atoms with van der Waals surface area (Å²) in [5, 5.41) is 0. The molecule has 0 atom stereocenters. The van der Waals surface area contributed by atoms with E-state index in [9.17, 15) is 0 Å². The predicted octanol–water partition coefficient (Wildman–Crippen LogP) is 11.8. The lowest BCUT2D eigenvalue weighted by Gasteiger charge is -2.45. The molecule has 2 aromatic carbocycles. The van der Waals surface area contributed by atoms with Gasteiger partial charge in [-0.15, -0.1) is 0 Å². The zero-order valence-electron chi connectivity index (χ0n) is 29.8. The van der Waals surface area contributed by atoms with Gasteiger partial charge in [-0.3, -0.25) is 0 Å². The van der Waals surface area contributed by atoms with E-state index in [2.05, 4.69) is 163 Å². The van der Waals surface area contributed by atoms with Crippen LogP contribution >= 0.6 is 0 Å². The van der Waals surface area contributed by atoms with E-state index in [-0.39, 0.29) is 37.9 Å². The van der Waals surface area contributed by atoms with Crippen LogP contribution in [0, 0.1) is 0 Å². The maximum Gasteiger partial charge on any atom is 0.0152 e. The first kappa shape index (κ1) is 33.6. The topological polar surface area (TPSA) is 0 Å². The quantitative estimate of drug-likeness (QED) is 0.361. The second kappa shape index (κ2) is 9.77. The summed E-state index contributed by atoms with van der Waals surface area (Å²) in [5.74, 6) is 0. The molecule has 0 aliphatic heterocycles. The van der Waals surface area contributed by atoms with Gasteiger partial charge in [0, 0.05) is 5.41 Å². The Morgan fingerprint density at radius 1 is 0.308 bits per heavy atom.